The van der Waals surface area contributed by atoms with Gasteiger partial charge in [0.15, 0.2) is 0 Å². The van der Waals surface area contributed by atoms with Crippen LogP contribution in [0.3, 0.4) is 0 Å². The van der Waals surface area contributed by atoms with Crippen molar-refractivity contribution in [1.29, 1.82) is 0 Å². The van der Waals surface area contributed by atoms with Gasteiger partial charge in [-0.05, 0) is 55.2 Å². The maximum Gasteiger partial charge on any atom is 0.417 e. The minimum Gasteiger partial charge on any atom is -0.408 e. The van der Waals surface area contributed by atoms with Crippen molar-refractivity contribution in [2.24, 2.45) is 0 Å². The summed E-state index contributed by atoms with van der Waals surface area (Å²) in [4.78, 5) is 36.0. The number of hydrogen-bond donors (Lipinski definition) is 3. The zero-order chi connectivity index (χ0) is 56.3. The number of benzene rings is 3. The van der Waals surface area contributed by atoms with Gasteiger partial charge >= 0.3 is 36.6 Å². The lowest BCUT2D eigenvalue weighted by Gasteiger charge is -2.17. The number of carbonyl (C=O) groups is 3. The first kappa shape index (κ1) is 61.9. The Labute approximate surface area is 440 Å². The van der Waals surface area contributed by atoms with Gasteiger partial charge in [0, 0.05) is 52.7 Å². The highest BCUT2D eigenvalue weighted by Gasteiger charge is 2.40. The standard InChI is InChI=1S/3C14H14F3N3O3S2/c3*1-4-25(22)11-9(14(15,16)17)6-5-8(10(11)24-3)12(21)18-13-20-19-7(2)23-13/h3*5-6H,4H2,1-3H3,(H,18,20,21)/t2*25-;/m10./s1. The zero-order valence-corrected chi connectivity index (χ0v) is 45.2. The second-order valence-electron chi connectivity index (χ2n) is 14.2. The average molecular weight is 1180 g/mol. The summed E-state index contributed by atoms with van der Waals surface area (Å²) in [6, 6.07) is 4.90. The zero-order valence-electron chi connectivity index (χ0n) is 40.3. The van der Waals surface area contributed by atoms with Crippen LogP contribution in [0.1, 0.15) is 86.2 Å². The highest BCUT2D eigenvalue weighted by molar-refractivity contribution is 8.00. The summed E-state index contributed by atoms with van der Waals surface area (Å²) >= 11 is 2.76. The molecule has 0 aliphatic rings. The molecule has 6 aromatic rings. The molecule has 3 aromatic carbocycles. The highest BCUT2D eigenvalue weighted by Crippen LogP contribution is 2.43. The number of rotatable bonds is 15. The molecule has 33 heteroatoms. The Morgan fingerprint density at radius 3 is 0.840 bits per heavy atom. The molecule has 75 heavy (non-hydrogen) atoms. The third kappa shape index (κ3) is 15.7. The van der Waals surface area contributed by atoms with E-state index < -0.39 is 100 Å². The number of nitrogens with zero attached hydrogens (tertiary/aromatic N) is 6. The summed E-state index contributed by atoms with van der Waals surface area (Å²) in [5, 5.41) is 28.4. The lowest BCUT2D eigenvalue weighted by molar-refractivity contribution is -0.140. The van der Waals surface area contributed by atoms with Crippen LogP contribution in [0.25, 0.3) is 0 Å². The van der Waals surface area contributed by atoms with E-state index in [1.165, 1.54) is 60.3 Å². The molecule has 3 atom stereocenters. The summed E-state index contributed by atoms with van der Waals surface area (Å²) in [5.74, 6) is -1.54. The normalized spacial score (nSPS) is 12.9. The van der Waals surface area contributed by atoms with E-state index in [1.807, 2.05) is 0 Å². The van der Waals surface area contributed by atoms with Crippen molar-refractivity contribution in [2.75, 3.05) is 52.0 Å². The third-order valence-electron chi connectivity index (χ3n) is 9.31. The monoisotopic (exact) mass is 1180 g/mol. The van der Waals surface area contributed by atoms with Gasteiger partial charge < -0.3 is 13.3 Å². The quantitative estimate of drug-likeness (QED) is 0.0638. The van der Waals surface area contributed by atoms with Gasteiger partial charge in [-0.25, -0.2) is 0 Å². The molecule has 0 aliphatic carbocycles. The van der Waals surface area contributed by atoms with E-state index in [4.69, 9.17) is 13.3 Å². The van der Waals surface area contributed by atoms with Crippen LogP contribution in [0.4, 0.5) is 57.6 Å². The van der Waals surface area contributed by atoms with Crippen molar-refractivity contribution >= 4 is 103 Å². The predicted octanol–water partition coefficient (Wildman–Crippen LogP) is 10.5. The average Bonchev–Trinajstić information content (AvgIpc) is 4.10. The van der Waals surface area contributed by atoms with Crippen LogP contribution in [0.15, 0.2) is 79.0 Å². The van der Waals surface area contributed by atoms with E-state index in [9.17, 15) is 66.5 Å². The fourth-order valence-electron chi connectivity index (χ4n) is 6.15. The third-order valence-corrected chi connectivity index (χ3v) is 16.4. The van der Waals surface area contributed by atoms with Gasteiger partial charge in [0.1, 0.15) is 0 Å². The van der Waals surface area contributed by atoms with E-state index in [0.717, 1.165) is 71.7 Å². The number of nitrogens with one attached hydrogen (secondary N) is 3. The summed E-state index contributed by atoms with van der Waals surface area (Å²) < 4.78 is 171. The van der Waals surface area contributed by atoms with Crippen molar-refractivity contribution in [3.63, 3.8) is 0 Å². The van der Waals surface area contributed by atoms with Gasteiger partial charge in [0.25, 0.3) is 17.7 Å². The van der Waals surface area contributed by atoms with E-state index in [0.29, 0.717) is 0 Å². The molecule has 3 N–H and O–H groups in total. The minimum atomic E-state index is -4.68. The number of amides is 3. The summed E-state index contributed by atoms with van der Waals surface area (Å²) in [6.07, 6.45) is -9.49. The van der Waals surface area contributed by atoms with Crippen LogP contribution < -0.4 is 16.0 Å². The number of anilines is 3. The molecule has 3 aromatic heterocycles. The van der Waals surface area contributed by atoms with Gasteiger partial charge in [-0.1, -0.05) is 36.1 Å². The topological polar surface area (TPSA) is 255 Å². The molecular weight excluding hydrogens is 1140 g/mol. The molecule has 0 fully saturated rings. The van der Waals surface area contributed by atoms with E-state index >= 15 is 0 Å². The summed E-state index contributed by atoms with van der Waals surface area (Å²) in [6.45, 7) is 9.10. The molecule has 0 bridgehead atoms. The number of aromatic nitrogens is 6. The summed E-state index contributed by atoms with van der Waals surface area (Å²) in [7, 11) is -5.70. The van der Waals surface area contributed by atoms with Crippen LogP contribution in [-0.4, -0.2) is 97.0 Å². The molecule has 0 aliphatic heterocycles. The smallest absolute Gasteiger partial charge is 0.408 e. The second kappa shape index (κ2) is 26.4. The molecule has 3 heterocycles. The molecule has 3 amide bonds. The highest BCUT2D eigenvalue weighted by atomic mass is 32.2. The molecular formula is C42H42F9N9O9S6. The molecule has 1 unspecified atom stereocenters. The fraction of sp³-hybridized carbons (Fsp3) is 0.357. The number of thioether (sulfide) groups is 3. The second-order valence-corrected chi connectivity index (χ2v) is 21.7. The number of alkyl halides is 9. The Morgan fingerprint density at radius 1 is 0.453 bits per heavy atom. The van der Waals surface area contributed by atoms with Crippen LogP contribution in [-0.2, 0) is 50.9 Å². The van der Waals surface area contributed by atoms with E-state index in [1.54, 1.807) is 0 Å². The Morgan fingerprint density at radius 2 is 0.680 bits per heavy atom. The number of carbonyl (C=O) groups excluding carboxylic acids is 3. The van der Waals surface area contributed by atoms with Gasteiger partial charge in [0.2, 0.25) is 17.7 Å². The lowest BCUT2D eigenvalue weighted by atomic mass is 10.1. The molecule has 0 spiro atoms. The van der Waals surface area contributed by atoms with Crippen LogP contribution in [0, 0.1) is 20.8 Å². The fourth-order valence-corrected chi connectivity index (χ4v) is 12.9. The Hall–Kier alpha value is -5.64. The van der Waals surface area contributed by atoms with Crippen molar-refractivity contribution < 1.29 is 79.8 Å². The first-order chi connectivity index (χ1) is 35.1. The van der Waals surface area contributed by atoms with Gasteiger partial charge in [-0.2, -0.15) is 39.5 Å². The first-order valence-corrected chi connectivity index (χ1v) is 28.5. The van der Waals surface area contributed by atoms with Gasteiger partial charge in [-0.15, -0.1) is 50.6 Å². The number of halogens is 9. The van der Waals surface area contributed by atoms with Crippen molar-refractivity contribution in [3.8, 4) is 0 Å². The maximum absolute atomic E-state index is 13.3. The van der Waals surface area contributed by atoms with E-state index in [-0.39, 0.29) is 84.4 Å². The molecule has 408 valence electrons. The van der Waals surface area contributed by atoms with E-state index in [2.05, 4.69) is 46.5 Å². The van der Waals surface area contributed by atoms with Crippen LogP contribution in [0.2, 0.25) is 0 Å². The van der Waals surface area contributed by atoms with Gasteiger partial charge in [0.05, 0.1) is 80.5 Å². The number of hydrogen-bond acceptors (Lipinski definition) is 18. The molecule has 0 saturated heterocycles. The van der Waals surface area contributed by atoms with Crippen LogP contribution >= 0.6 is 35.3 Å². The number of aryl methyl sites for hydroxylation is 3. The minimum absolute atomic E-state index is 0.00347. The van der Waals surface area contributed by atoms with Crippen molar-refractivity contribution in [1.82, 2.24) is 30.6 Å². The maximum atomic E-state index is 13.3. The lowest BCUT2D eigenvalue weighted by Crippen LogP contribution is -2.18. The Bertz CT molecular complexity index is 2790. The largest absolute Gasteiger partial charge is 0.417 e. The molecule has 6 rings (SSSR count). The Kier molecular flexibility index (Phi) is 21.8. The predicted molar refractivity (Wildman–Crippen MR) is 261 cm³/mol. The SMILES string of the molecule is CCS(=O)c1c(C(F)(F)F)ccc(C(=O)Nc2nnc(C)o2)c1SC.CC[S@@](=O)c1c(C(F)(F)F)ccc(C(=O)Nc2nnc(C)o2)c1SC.CC[S@](=O)c1c(C(F)(F)F)ccc(C(=O)Nc2nnc(C)o2)c1SC. The van der Waals surface area contributed by atoms with Crippen molar-refractivity contribution in [3.05, 3.63) is 87.5 Å². The van der Waals surface area contributed by atoms with Crippen molar-refractivity contribution in [2.45, 2.75) is 89.4 Å². The summed E-state index contributed by atoms with van der Waals surface area (Å²) in [5.41, 5.74) is -3.18. The molecule has 0 saturated carbocycles. The first-order valence-electron chi connectivity index (χ1n) is 20.9. The van der Waals surface area contributed by atoms with Crippen LogP contribution in [0.5, 0.6) is 0 Å². The Balaban J connectivity index is 0.000000243. The van der Waals surface area contributed by atoms with Gasteiger partial charge in [-0.3, -0.25) is 43.0 Å². The molecule has 0 radical (unpaired) electrons. The molecule has 18 nitrogen and oxygen atoms in total.